The molecule has 0 saturated carbocycles. The summed E-state index contributed by atoms with van der Waals surface area (Å²) < 4.78 is 82.7. The monoisotopic (exact) mass is 409 g/mol. The number of aromatic amines is 1. The second kappa shape index (κ2) is 7.36. The fourth-order valence-corrected chi connectivity index (χ4v) is 2.17. The summed E-state index contributed by atoms with van der Waals surface area (Å²) in [6.07, 6.45) is -9.49. The van der Waals surface area contributed by atoms with E-state index in [1.54, 1.807) is 20.8 Å². The Morgan fingerprint density at radius 3 is 2.04 bits per heavy atom. The second-order valence-electron chi connectivity index (χ2n) is 6.88. The number of H-pyrrole nitrogens is 1. The third-order valence-electron chi connectivity index (χ3n) is 3.31. The predicted octanol–water partition coefficient (Wildman–Crippen LogP) is 5.14. The van der Waals surface area contributed by atoms with Gasteiger partial charge in [0, 0.05) is 11.8 Å². The Bertz CT molecular complexity index is 818. The number of nitrogens with one attached hydrogen (secondary N) is 2. The van der Waals surface area contributed by atoms with Gasteiger partial charge in [-0.3, -0.25) is 0 Å². The highest BCUT2D eigenvalue weighted by Crippen LogP contribution is 2.38. The number of alkyl halides is 6. The van der Waals surface area contributed by atoms with Crippen LogP contribution in [0.2, 0.25) is 0 Å². The summed E-state index contributed by atoms with van der Waals surface area (Å²) >= 11 is 0. The van der Waals surface area contributed by atoms with Crippen molar-refractivity contribution in [2.24, 2.45) is 0 Å². The Hall–Kier alpha value is -2.72. The summed E-state index contributed by atoms with van der Waals surface area (Å²) in [6.45, 7) is 4.82. The Balaban J connectivity index is 2.25. The van der Waals surface area contributed by atoms with Crippen molar-refractivity contribution >= 4 is 6.09 Å². The molecule has 2 aromatic rings. The van der Waals surface area contributed by atoms with E-state index in [1.165, 1.54) is 0 Å². The van der Waals surface area contributed by atoms with E-state index in [-0.39, 0.29) is 29.7 Å². The van der Waals surface area contributed by atoms with Crippen molar-refractivity contribution in [1.29, 1.82) is 0 Å². The normalized spacial score (nSPS) is 12.8. The van der Waals surface area contributed by atoms with Crippen LogP contribution in [-0.4, -0.2) is 21.7 Å². The molecule has 0 bridgehead atoms. The fraction of sp³-hybridized carbons (Fsp3) is 0.412. The van der Waals surface area contributed by atoms with E-state index in [9.17, 15) is 31.1 Å². The maximum Gasteiger partial charge on any atom is 0.416 e. The molecule has 0 saturated heterocycles. The molecule has 1 aromatic carbocycles. The Morgan fingerprint density at radius 1 is 1.04 bits per heavy atom. The van der Waals surface area contributed by atoms with Crippen LogP contribution in [0.4, 0.5) is 31.1 Å². The number of hydrogen-bond acceptors (Lipinski definition) is 3. The number of aromatic nitrogens is 2. The molecule has 1 aromatic heterocycles. The van der Waals surface area contributed by atoms with Crippen molar-refractivity contribution in [2.75, 3.05) is 0 Å². The van der Waals surface area contributed by atoms with E-state index in [2.05, 4.69) is 15.3 Å². The molecule has 5 nitrogen and oxygen atoms in total. The zero-order valence-electron chi connectivity index (χ0n) is 15.0. The first-order valence-electron chi connectivity index (χ1n) is 7.96. The summed E-state index contributed by atoms with van der Waals surface area (Å²) in [4.78, 5) is 18.1. The molecule has 0 fully saturated rings. The van der Waals surface area contributed by atoms with Crippen LogP contribution in [-0.2, 0) is 23.6 Å². The Morgan fingerprint density at radius 2 is 1.57 bits per heavy atom. The molecule has 11 heteroatoms. The summed E-state index contributed by atoms with van der Waals surface area (Å²) in [5, 5.41) is 2.38. The van der Waals surface area contributed by atoms with E-state index >= 15 is 0 Å². The summed E-state index contributed by atoms with van der Waals surface area (Å²) in [5.41, 5.74) is -4.09. The molecule has 1 heterocycles. The van der Waals surface area contributed by atoms with Gasteiger partial charge in [-0.1, -0.05) is 0 Å². The number of halogens is 6. The lowest BCUT2D eigenvalue weighted by Crippen LogP contribution is -2.32. The number of nitrogens with zero attached hydrogens (tertiary/aromatic N) is 1. The van der Waals surface area contributed by atoms with Gasteiger partial charge < -0.3 is 15.0 Å². The molecule has 28 heavy (non-hydrogen) atoms. The molecule has 0 aliphatic heterocycles. The number of imidazole rings is 1. The smallest absolute Gasteiger partial charge is 0.416 e. The van der Waals surface area contributed by atoms with Crippen LogP contribution in [0.15, 0.2) is 24.4 Å². The maximum atomic E-state index is 12.9. The van der Waals surface area contributed by atoms with Crippen molar-refractivity contribution in [3.63, 3.8) is 0 Å². The van der Waals surface area contributed by atoms with Crippen LogP contribution in [0.25, 0.3) is 11.3 Å². The molecule has 0 spiro atoms. The van der Waals surface area contributed by atoms with Crippen molar-refractivity contribution in [3.8, 4) is 11.3 Å². The average Bonchev–Trinajstić information content (AvgIpc) is 2.98. The van der Waals surface area contributed by atoms with Gasteiger partial charge in [-0.2, -0.15) is 26.3 Å². The fourth-order valence-electron chi connectivity index (χ4n) is 2.17. The third kappa shape index (κ3) is 5.89. The van der Waals surface area contributed by atoms with Gasteiger partial charge in [0.15, 0.2) is 0 Å². The van der Waals surface area contributed by atoms with Crippen LogP contribution >= 0.6 is 0 Å². The van der Waals surface area contributed by atoms with Crippen molar-refractivity contribution in [2.45, 2.75) is 45.3 Å². The van der Waals surface area contributed by atoms with Gasteiger partial charge in [-0.05, 0) is 39.0 Å². The number of alkyl carbamates (subject to hydrolysis) is 1. The summed E-state index contributed by atoms with van der Waals surface area (Å²) in [5.74, 6) is 0.131. The van der Waals surface area contributed by atoms with Gasteiger partial charge in [0.2, 0.25) is 0 Å². The average molecular weight is 409 g/mol. The van der Waals surface area contributed by atoms with Gasteiger partial charge in [0.05, 0.1) is 23.4 Å². The van der Waals surface area contributed by atoms with Crippen molar-refractivity contribution in [1.82, 2.24) is 15.3 Å². The van der Waals surface area contributed by atoms with E-state index in [0.29, 0.717) is 12.1 Å². The standard InChI is InChI=1S/C17H17F6N3O2/c1-15(2,3)28-14(27)25-8-13-24-7-12(26-13)9-4-10(16(18,19)20)6-11(5-9)17(21,22)23/h4-7H,8H2,1-3H3,(H,24,26)(H,25,27). The zero-order valence-corrected chi connectivity index (χ0v) is 15.0. The molecule has 1 amide bonds. The number of carbonyl (C=O) groups is 1. The van der Waals surface area contributed by atoms with Gasteiger partial charge in [-0.15, -0.1) is 0 Å². The number of benzene rings is 1. The lowest BCUT2D eigenvalue weighted by atomic mass is 10.0. The third-order valence-corrected chi connectivity index (χ3v) is 3.31. The Kier molecular flexibility index (Phi) is 5.67. The maximum absolute atomic E-state index is 12.9. The lowest BCUT2D eigenvalue weighted by Gasteiger charge is -2.19. The first-order valence-corrected chi connectivity index (χ1v) is 7.96. The molecule has 0 atom stereocenters. The minimum Gasteiger partial charge on any atom is -0.444 e. The molecule has 0 aliphatic carbocycles. The van der Waals surface area contributed by atoms with E-state index in [0.717, 1.165) is 6.20 Å². The number of amides is 1. The van der Waals surface area contributed by atoms with Crippen LogP contribution < -0.4 is 5.32 Å². The second-order valence-corrected chi connectivity index (χ2v) is 6.88. The lowest BCUT2D eigenvalue weighted by molar-refractivity contribution is -0.143. The first-order chi connectivity index (χ1) is 12.6. The van der Waals surface area contributed by atoms with Gasteiger partial charge in [0.1, 0.15) is 11.4 Å². The Labute approximate surface area is 156 Å². The number of carbonyl (C=O) groups excluding carboxylic acids is 1. The van der Waals surface area contributed by atoms with Crippen molar-refractivity contribution in [3.05, 3.63) is 41.3 Å². The number of hydrogen-bond donors (Lipinski definition) is 2. The van der Waals surface area contributed by atoms with E-state index in [1.807, 2.05) is 0 Å². The minimum atomic E-state index is -4.95. The van der Waals surface area contributed by atoms with Gasteiger partial charge >= 0.3 is 18.4 Å². The van der Waals surface area contributed by atoms with Crippen LogP contribution in [0, 0.1) is 0 Å². The molecule has 0 aliphatic rings. The quantitative estimate of drug-likeness (QED) is 0.690. The predicted molar refractivity (Wildman–Crippen MR) is 87.1 cm³/mol. The highest BCUT2D eigenvalue weighted by molar-refractivity contribution is 5.67. The first kappa shape index (κ1) is 21.6. The molecule has 0 radical (unpaired) electrons. The molecular weight excluding hydrogens is 392 g/mol. The zero-order chi connectivity index (χ0) is 21.3. The summed E-state index contributed by atoms with van der Waals surface area (Å²) in [7, 11) is 0. The van der Waals surface area contributed by atoms with Crippen LogP contribution in [0.1, 0.15) is 37.7 Å². The molecule has 2 N–H and O–H groups in total. The largest absolute Gasteiger partial charge is 0.444 e. The van der Waals surface area contributed by atoms with E-state index in [4.69, 9.17) is 4.74 Å². The topological polar surface area (TPSA) is 67.0 Å². The van der Waals surface area contributed by atoms with Crippen LogP contribution in [0.3, 0.4) is 0 Å². The van der Waals surface area contributed by atoms with Crippen molar-refractivity contribution < 1.29 is 35.9 Å². The van der Waals surface area contributed by atoms with E-state index < -0.39 is 35.2 Å². The SMILES string of the molecule is CC(C)(C)OC(=O)NCc1nc(-c2cc(C(F)(F)F)cc(C(F)(F)F)c2)c[nH]1. The minimum absolute atomic E-state index is 0.0428. The van der Waals surface area contributed by atoms with Crippen LogP contribution in [0.5, 0.6) is 0 Å². The highest BCUT2D eigenvalue weighted by Gasteiger charge is 2.37. The molecule has 154 valence electrons. The molecule has 0 unspecified atom stereocenters. The van der Waals surface area contributed by atoms with Gasteiger partial charge in [0.25, 0.3) is 0 Å². The molecular formula is C17H17F6N3O2. The molecule has 2 rings (SSSR count). The highest BCUT2D eigenvalue weighted by atomic mass is 19.4. The number of ether oxygens (including phenoxy) is 1. The van der Waals surface area contributed by atoms with Gasteiger partial charge in [-0.25, -0.2) is 9.78 Å². The number of rotatable bonds is 3. The summed E-state index contributed by atoms with van der Waals surface area (Å²) in [6, 6.07) is 1.20.